The molecule has 0 fully saturated rings. The first-order valence-corrected chi connectivity index (χ1v) is 12.6. The largest absolute Gasteiger partial charge is 0.497 e. The van der Waals surface area contributed by atoms with E-state index < -0.39 is 5.91 Å². The van der Waals surface area contributed by atoms with Crippen LogP contribution >= 0.6 is 11.8 Å². The highest BCUT2D eigenvalue weighted by Crippen LogP contribution is 2.34. The van der Waals surface area contributed by atoms with Crippen molar-refractivity contribution in [1.82, 2.24) is 9.58 Å². The average Bonchev–Trinajstić information content (AvgIpc) is 3.38. The molecule has 2 aromatic rings. The number of methoxy groups -OCH3 is 2. The number of hydrazone groups is 1. The molecule has 8 nitrogen and oxygen atoms in total. The number of rotatable bonds is 9. The zero-order valence-corrected chi connectivity index (χ0v) is 21.7. The Balaban J connectivity index is 1.65. The van der Waals surface area contributed by atoms with E-state index in [0.29, 0.717) is 16.7 Å². The predicted molar refractivity (Wildman–Crippen MR) is 142 cm³/mol. The van der Waals surface area contributed by atoms with Crippen LogP contribution in [0.4, 0.5) is 0 Å². The Morgan fingerprint density at radius 1 is 1.11 bits per heavy atom. The standard InChI is InChI=1S/C26H31N5O3S/c1-6-7-8-9-10-23-29-31-24(27)20(25(32)28-26(31)35-23)14-18-13-16(2)30(17(18)3)21-15-19(33-4)11-12-22(21)34-5/h11-15,27H,6-10H2,1-5H3/b20-14+,27-24?. The first kappa shape index (κ1) is 24.8. The molecule has 4 rings (SSSR count). The number of aliphatic imine (C=N–C) groups is 1. The third kappa shape index (κ3) is 4.91. The highest BCUT2D eigenvalue weighted by molar-refractivity contribution is 8.26. The van der Waals surface area contributed by atoms with Crippen molar-refractivity contribution in [3.63, 3.8) is 0 Å². The minimum Gasteiger partial charge on any atom is -0.497 e. The number of carbonyl (C=O) groups excluding carboxylic acids is 1. The topological polar surface area (TPSA) is 92.3 Å². The van der Waals surface area contributed by atoms with Gasteiger partial charge in [0.05, 0.1) is 25.5 Å². The zero-order valence-electron chi connectivity index (χ0n) is 20.8. The number of carbonyl (C=O) groups is 1. The van der Waals surface area contributed by atoms with Gasteiger partial charge in [0.15, 0.2) is 5.84 Å². The monoisotopic (exact) mass is 493 g/mol. The molecule has 3 heterocycles. The fourth-order valence-electron chi connectivity index (χ4n) is 4.27. The van der Waals surface area contributed by atoms with Crippen molar-refractivity contribution in [2.75, 3.05) is 14.2 Å². The van der Waals surface area contributed by atoms with Gasteiger partial charge >= 0.3 is 0 Å². The van der Waals surface area contributed by atoms with Gasteiger partial charge in [-0.15, -0.1) is 0 Å². The number of benzene rings is 1. The van der Waals surface area contributed by atoms with Crippen LogP contribution in [0.15, 0.2) is 39.9 Å². The van der Waals surface area contributed by atoms with Gasteiger partial charge in [0, 0.05) is 17.5 Å². The maximum atomic E-state index is 12.9. The Bertz CT molecular complexity index is 1260. The molecule has 0 atom stereocenters. The first-order valence-electron chi connectivity index (χ1n) is 11.8. The second-order valence-corrected chi connectivity index (χ2v) is 9.56. The number of hydrogen-bond acceptors (Lipinski definition) is 6. The van der Waals surface area contributed by atoms with Crippen LogP contribution in [0.5, 0.6) is 11.5 Å². The quantitative estimate of drug-likeness (QED) is 0.357. The smallest absolute Gasteiger partial charge is 0.283 e. The highest BCUT2D eigenvalue weighted by atomic mass is 32.2. The number of amidine groups is 2. The SMILES string of the molecule is CCCCCCC1=NN2C(=N)/C(=C\c3cc(C)n(-c4cc(OC)ccc4OC)c3C)C(=O)N=C2S1. The number of thioether (sulfide) groups is 1. The van der Waals surface area contributed by atoms with Gasteiger partial charge < -0.3 is 14.0 Å². The third-order valence-electron chi connectivity index (χ3n) is 6.14. The number of hydrogen-bond donors (Lipinski definition) is 1. The lowest BCUT2D eigenvalue weighted by Crippen LogP contribution is -2.35. The molecule has 9 heteroatoms. The van der Waals surface area contributed by atoms with Gasteiger partial charge in [-0.05, 0) is 68.3 Å². The second-order valence-electron chi connectivity index (χ2n) is 8.52. The molecule has 1 amide bonds. The number of nitrogens with zero attached hydrogens (tertiary/aromatic N) is 4. The summed E-state index contributed by atoms with van der Waals surface area (Å²) in [6.45, 7) is 6.15. The summed E-state index contributed by atoms with van der Waals surface area (Å²) in [5, 5.41) is 16.1. The maximum Gasteiger partial charge on any atom is 0.283 e. The molecular formula is C26H31N5O3S. The van der Waals surface area contributed by atoms with Gasteiger partial charge in [0.1, 0.15) is 16.5 Å². The summed E-state index contributed by atoms with van der Waals surface area (Å²) in [7, 11) is 3.26. The van der Waals surface area contributed by atoms with E-state index >= 15 is 0 Å². The van der Waals surface area contributed by atoms with Crippen LogP contribution in [0.2, 0.25) is 0 Å². The Labute approximate surface area is 210 Å². The van der Waals surface area contributed by atoms with Crippen LogP contribution in [-0.2, 0) is 4.79 Å². The van der Waals surface area contributed by atoms with E-state index in [9.17, 15) is 4.79 Å². The lowest BCUT2D eigenvalue weighted by molar-refractivity contribution is -0.114. The molecule has 0 aliphatic carbocycles. The molecular weight excluding hydrogens is 462 g/mol. The van der Waals surface area contributed by atoms with E-state index in [2.05, 4.69) is 21.6 Å². The summed E-state index contributed by atoms with van der Waals surface area (Å²) in [6.07, 6.45) is 7.14. The maximum absolute atomic E-state index is 12.9. The van der Waals surface area contributed by atoms with E-state index in [1.165, 1.54) is 29.6 Å². The molecule has 0 saturated carbocycles. The molecule has 0 radical (unpaired) electrons. The molecule has 0 spiro atoms. The molecule has 0 saturated heterocycles. The number of nitrogens with one attached hydrogen (secondary N) is 1. The molecule has 2 aliphatic rings. The molecule has 35 heavy (non-hydrogen) atoms. The first-order chi connectivity index (χ1) is 16.9. The minimum atomic E-state index is -0.417. The summed E-state index contributed by atoms with van der Waals surface area (Å²) in [4.78, 5) is 17.1. The van der Waals surface area contributed by atoms with Gasteiger partial charge in [-0.1, -0.05) is 26.2 Å². The van der Waals surface area contributed by atoms with Gasteiger partial charge in [-0.3, -0.25) is 10.2 Å². The number of unbranched alkanes of at least 4 members (excludes halogenated alkanes) is 3. The van der Waals surface area contributed by atoms with Gasteiger partial charge in [0.2, 0.25) is 5.17 Å². The summed E-state index contributed by atoms with van der Waals surface area (Å²) in [5.74, 6) is 1.06. The molecule has 0 bridgehead atoms. The third-order valence-corrected chi connectivity index (χ3v) is 7.11. The molecule has 1 aromatic heterocycles. The predicted octanol–water partition coefficient (Wildman–Crippen LogP) is 5.70. The Kier molecular flexibility index (Phi) is 7.45. The lowest BCUT2D eigenvalue weighted by Gasteiger charge is -2.20. The zero-order chi connectivity index (χ0) is 25.1. The van der Waals surface area contributed by atoms with Gasteiger partial charge in [-0.2, -0.15) is 15.1 Å². The average molecular weight is 494 g/mol. The Morgan fingerprint density at radius 2 is 1.91 bits per heavy atom. The van der Waals surface area contributed by atoms with Crippen molar-refractivity contribution in [3.8, 4) is 17.2 Å². The van der Waals surface area contributed by atoms with E-state index in [1.54, 1.807) is 20.3 Å². The van der Waals surface area contributed by atoms with Crippen molar-refractivity contribution in [2.45, 2.75) is 52.9 Å². The van der Waals surface area contributed by atoms with Crippen molar-refractivity contribution >= 4 is 39.8 Å². The van der Waals surface area contributed by atoms with E-state index in [0.717, 1.165) is 46.9 Å². The van der Waals surface area contributed by atoms with E-state index in [1.807, 2.05) is 38.1 Å². The number of aryl methyl sites for hydroxylation is 1. The van der Waals surface area contributed by atoms with E-state index in [4.69, 9.17) is 14.9 Å². The summed E-state index contributed by atoms with van der Waals surface area (Å²) in [5.41, 5.74) is 3.76. The molecule has 184 valence electrons. The van der Waals surface area contributed by atoms with Crippen LogP contribution in [-0.4, -0.2) is 45.7 Å². The summed E-state index contributed by atoms with van der Waals surface area (Å²) >= 11 is 1.39. The number of ether oxygens (including phenoxy) is 2. The second kappa shape index (κ2) is 10.5. The fraction of sp³-hybridized carbons (Fsp3) is 0.385. The Morgan fingerprint density at radius 3 is 2.63 bits per heavy atom. The number of amides is 1. The number of aromatic nitrogens is 1. The summed E-state index contributed by atoms with van der Waals surface area (Å²) < 4.78 is 13.0. The Hall–Kier alpha value is -3.33. The lowest BCUT2D eigenvalue weighted by atomic mass is 10.1. The highest BCUT2D eigenvalue weighted by Gasteiger charge is 2.35. The summed E-state index contributed by atoms with van der Waals surface area (Å²) in [6, 6.07) is 7.62. The number of fused-ring (bicyclic) bond motifs is 1. The van der Waals surface area contributed by atoms with Gasteiger partial charge in [-0.25, -0.2) is 0 Å². The normalized spacial score (nSPS) is 16.5. The van der Waals surface area contributed by atoms with Crippen molar-refractivity contribution in [3.05, 3.63) is 46.8 Å². The van der Waals surface area contributed by atoms with Crippen LogP contribution in [0, 0.1) is 19.3 Å². The van der Waals surface area contributed by atoms with Crippen molar-refractivity contribution in [1.29, 1.82) is 5.41 Å². The van der Waals surface area contributed by atoms with Crippen LogP contribution in [0.25, 0.3) is 11.8 Å². The van der Waals surface area contributed by atoms with Crippen molar-refractivity contribution < 1.29 is 14.3 Å². The minimum absolute atomic E-state index is 0.0554. The van der Waals surface area contributed by atoms with Crippen LogP contribution in [0.1, 0.15) is 56.0 Å². The fourth-order valence-corrected chi connectivity index (χ4v) is 5.19. The van der Waals surface area contributed by atoms with Crippen LogP contribution < -0.4 is 9.47 Å². The molecule has 2 aliphatic heterocycles. The van der Waals surface area contributed by atoms with E-state index in [-0.39, 0.29) is 11.4 Å². The van der Waals surface area contributed by atoms with Gasteiger partial charge in [0.25, 0.3) is 5.91 Å². The molecule has 0 unspecified atom stereocenters. The van der Waals surface area contributed by atoms with Crippen molar-refractivity contribution in [2.24, 2.45) is 10.1 Å². The molecule has 1 aromatic carbocycles. The molecule has 1 N–H and O–H groups in total. The van der Waals surface area contributed by atoms with Crippen LogP contribution in [0.3, 0.4) is 0 Å².